The highest BCUT2D eigenvalue weighted by molar-refractivity contribution is 5.49. The lowest BCUT2D eigenvalue weighted by atomic mass is 10.2. The summed E-state index contributed by atoms with van der Waals surface area (Å²) in [4.78, 5) is 4.04. The van der Waals surface area contributed by atoms with E-state index in [2.05, 4.69) is 10.3 Å². The minimum Gasteiger partial charge on any atom is -0.497 e. The number of hydrogen-bond donors (Lipinski definition) is 2. The third-order valence-corrected chi connectivity index (χ3v) is 2.70. The highest BCUT2D eigenvalue weighted by Gasteiger charge is 2.01. The lowest BCUT2D eigenvalue weighted by molar-refractivity contribution is 0.282. The Morgan fingerprint density at radius 1 is 1.33 bits per heavy atom. The molecule has 0 atom stereocenters. The Labute approximate surface area is 106 Å². The predicted octanol–water partition coefficient (Wildman–Crippen LogP) is 2.19. The number of rotatable bonds is 5. The van der Waals surface area contributed by atoms with Crippen molar-refractivity contribution in [2.24, 2.45) is 0 Å². The van der Waals surface area contributed by atoms with Gasteiger partial charge in [-0.1, -0.05) is 12.1 Å². The van der Waals surface area contributed by atoms with Gasteiger partial charge in [-0.25, -0.2) is 0 Å². The van der Waals surface area contributed by atoms with Gasteiger partial charge in [0.05, 0.1) is 25.6 Å². The third-order valence-electron chi connectivity index (χ3n) is 2.70. The molecule has 2 N–H and O–H groups in total. The second-order valence-electron chi connectivity index (χ2n) is 3.90. The molecule has 0 aliphatic heterocycles. The molecule has 94 valence electrons. The summed E-state index contributed by atoms with van der Waals surface area (Å²) in [6.45, 7) is 0.666. The average molecular weight is 244 g/mol. The molecule has 1 heterocycles. The Bertz CT molecular complexity index is 515. The van der Waals surface area contributed by atoms with Gasteiger partial charge in [-0.3, -0.25) is 4.98 Å². The van der Waals surface area contributed by atoms with Crippen molar-refractivity contribution in [3.8, 4) is 5.75 Å². The first-order chi connectivity index (χ1) is 8.83. The van der Waals surface area contributed by atoms with Crippen molar-refractivity contribution in [2.45, 2.75) is 13.2 Å². The molecule has 1 aromatic carbocycles. The Morgan fingerprint density at radius 3 is 3.00 bits per heavy atom. The van der Waals surface area contributed by atoms with Crippen molar-refractivity contribution < 1.29 is 9.84 Å². The van der Waals surface area contributed by atoms with Gasteiger partial charge in [-0.2, -0.15) is 0 Å². The van der Waals surface area contributed by atoms with Gasteiger partial charge in [0.25, 0.3) is 0 Å². The van der Waals surface area contributed by atoms with Gasteiger partial charge in [0.1, 0.15) is 5.75 Å². The van der Waals surface area contributed by atoms with Gasteiger partial charge in [-0.05, 0) is 23.8 Å². The number of ether oxygens (including phenoxy) is 1. The number of pyridine rings is 1. The summed E-state index contributed by atoms with van der Waals surface area (Å²) in [6, 6.07) is 9.65. The smallest absolute Gasteiger partial charge is 0.119 e. The van der Waals surface area contributed by atoms with Crippen LogP contribution in [0.4, 0.5) is 5.69 Å². The zero-order valence-electron chi connectivity index (χ0n) is 10.3. The molecule has 0 unspecified atom stereocenters. The zero-order valence-corrected chi connectivity index (χ0v) is 10.3. The van der Waals surface area contributed by atoms with Crippen LogP contribution < -0.4 is 10.1 Å². The van der Waals surface area contributed by atoms with E-state index in [-0.39, 0.29) is 6.61 Å². The maximum absolute atomic E-state index is 9.21. The van der Waals surface area contributed by atoms with Gasteiger partial charge in [-0.15, -0.1) is 0 Å². The predicted molar refractivity (Wildman–Crippen MR) is 70.5 cm³/mol. The number of aliphatic hydroxyl groups is 1. The molecule has 0 saturated heterocycles. The molecular weight excluding hydrogens is 228 g/mol. The van der Waals surface area contributed by atoms with E-state index in [1.165, 1.54) is 0 Å². The summed E-state index contributed by atoms with van der Waals surface area (Å²) in [5.74, 6) is 0.836. The topological polar surface area (TPSA) is 54.4 Å². The first kappa shape index (κ1) is 12.4. The molecule has 0 amide bonds. The molecule has 0 aliphatic carbocycles. The monoisotopic (exact) mass is 244 g/mol. The number of nitrogens with zero attached hydrogens (tertiary/aromatic N) is 1. The molecule has 0 radical (unpaired) electrons. The van der Waals surface area contributed by atoms with Gasteiger partial charge < -0.3 is 15.2 Å². The summed E-state index contributed by atoms with van der Waals surface area (Å²) in [5.41, 5.74) is 2.80. The third kappa shape index (κ3) is 2.99. The number of anilines is 1. The highest BCUT2D eigenvalue weighted by atomic mass is 16.5. The number of nitrogens with one attached hydrogen (secondary N) is 1. The second kappa shape index (κ2) is 6.02. The Hall–Kier alpha value is -2.07. The normalized spacial score (nSPS) is 10.1. The van der Waals surface area contributed by atoms with Crippen LogP contribution in [0.25, 0.3) is 0 Å². The van der Waals surface area contributed by atoms with Crippen LogP contribution in [-0.4, -0.2) is 17.2 Å². The van der Waals surface area contributed by atoms with Crippen LogP contribution in [0.15, 0.2) is 42.7 Å². The number of benzene rings is 1. The lowest BCUT2D eigenvalue weighted by Crippen LogP contribution is -2.03. The highest BCUT2D eigenvalue weighted by Crippen LogP contribution is 2.17. The molecule has 4 nitrogen and oxygen atoms in total. The molecule has 0 fully saturated rings. The summed E-state index contributed by atoms with van der Waals surface area (Å²) in [7, 11) is 1.65. The summed E-state index contributed by atoms with van der Waals surface area (Å²) in [5, 5.41) is 12.5. The van der Waals surface area contributed by atoms with Crippen LogP contribution in [-0.2, 0) is 13.2 Å². The van der Waals surface area contributed by atoms with Crippen LogP contribution in [0.1, 0.15) is 11.1 Å². The number of aliphatic hydroxyl groups excluding tert-OH is 1. The van der Waals surface area contributed by atoms with Crippen molar-refractivity contribution in [3.05, 3.63) is 53.9 Å². The van der Waals surface area contributed by atoms with E-state index in [9.17, 15) is 5.11 Å². The quantitative estimate of drug-likeness (QED) is 0.846. The lowest BCUT2D eigenvalue weighted by Gasteiger charge is -2.10. The van der Waals surface area contributed by atoms with Gasteiger partial charge >= 0.3 is 0 Å². The fourth-order valence-electron chi connectivity index (χ4n) is 1.70. The fraction of sp³-hybridized carbons (Fsp3) is 0.214. The van der Waals surface area contributed by atoms with E-state index in [1.54, 1.807) is 25.6 Å². The van der Waals surface area contributed by atoms with Gasteiger partial charge in [0.2, 0.25) is 0 Å². The van der Waals surface area contributed by atoms with Crippen molar-refractivity contribution in [1.82, 2.24) is 4.98 Å². The van der Waals surface area contributed by atoms with E-state index in [4.69, 9.17) is 4.74 Å². The molecule has 0 aliphatic rings. The van der Waals surface area contributed by atoms with Crippen molar-refractivity contribution in [1.29, 1.82) is 0 Å². The minimum atomic E-state index is 0.00294. The van der Waals surface area contributed by atoms with Crippen LogP contribution >= 0.6 is 0 Å². The summed E-state index contributed by atoms with van der Waals surface area (Å²) >= 11 is 0. The van der Waals surface area contributed by atoms with Gasteiger partial charge in [0.15, 0.2) is 0 Å². The van der Waals surface area contributed by atoms with E-state index >= 15 is 0 Å². The Morgan fingerprint density at radius 2 is 2.22 bits per heavy atom. The molecular formula is C14H16N2O2. The molecule has 4 heteroatoms. The number of aromatic nitrogens is 1. The standard InChI is InChI=1S/C14H16N2O2/c1-18-13-4-2-3-11(7-13)8-16-14-9-15-6-5-12(14)10-17/h2-7,9,16-17H,8,10H2,1H3. The average Bonchev–Trinajstić information content (AvgIpc) is 2.45. The maximum atomic E-state index is 9.21. The Kier molecular flexibility index (Phi) is 4.15. The molecule has 0 bridgehead atoms. The molecule has 2 aromatic rings. The minimum absolute atomic E-state index is 0.00294. The summed E-state index contributed by atoms with van der Waals surface area (Å²) < 4.78 is 5.17. The van der Waals surface area contributed by atoms with E-state index in [0.29, 0.717) is 6.54 Å². The van der Waals surface area contributed by atoms with Gasteiger partial charge in [0, 0.05) is 18.3 Å². The second-order valence-corrected chi connectivity index (χ2v) is 3.90. The van der Waals surface area contributed by atoms with Crippen LogP contribution in [0, 0.1) is 0 Å². The van der Waals surface area contributed by atoms with Crippen molar-refractivity contribution in [2.75, 3.05) is 12.4 Å². The SMILES string of the molecule is COc1cccc(CNc2cnccc2CO)c1. The number of methoxy groups -OCH3 is 1. The largest absolute Gasteiger partial charge is 0.497 e. The molecule has 2 rings (SSSR count). The maximum Gasteiger partial charge on any atom is 0.119 e. The zero-order chi connectivity index (χ0) is 12.8. The first-order valence-corrected chi connectivity index (χ1v) is 5.74. The molecule has 18 heavy (non-hydrogen) atoms. The van der Waals surface area contributed by atoms with E-state index in [0.717, 1.165) is 22.6 Å². The summed E-state index contributed by atoms with van der Waals surface area (Å²) in [6.07, 6.45) is 3.38. The van der Waals surface area contributed by atoms with Crippen LogP contribution in [0.2, 0.25) is 0 Å². The molecule has 1 aromatic heterocycles. The first-order valence-electron chi connectivity index (χ1n) is 5.74. The molecule has 0 saturated carbocycles. The van der Waals surface area contributed by atoms with Crippen molar-refractivity contribution >= 4 is 5.69 Å². The Balaban J connectivity index is 2.06. The van der Waals surface area contributed by atoms with Crippen LogP contribution in [0.5, 0.6) is 5.75 Å². The number of hydrogen-bond acceptors (Lipinski definition) is 4. The van der Waals surface area contributed by atoms with E-state index in [1.807, 2.05) is 24.3 Å². The molecule has 0 spiro atoms. The van der Waals surface area contributed by atoms with Crippen LogP contribution in [0.3, 0.4) is 0 Å². The van der Waals surface area contributed by atoms with Crippen molar-refractivity contribution in [3.63, 3.8) is 0 Å². The van der Waals surface area contributed by atoms with E-state index < -0.39 is 0 Å². The fourth-order valence-corrected chi connectivity index (χ4v) is 1.70.